The molecule has 3 nitrogen and oxygen atoms in total. The van der Waals surface area contributed by atoms with Crippen LogP contribution >= 0.6 is 0 Å². The Balaban J connectivity index is 1.96. The number of rotatable bonds is 7. The summed E-state index contributed by atoms with van der Waals surface area (Å²) in [5.41, 5.74) is 2.39. The molecule has 0 aromatic carbocycles. The van der Waals surface area contributed by atoms with Crippen molar-refractivity contribution in [2.75, 3.05) is 18.4 Å². The maximum absolute atomic E-state index is 4.52. The first-order chi connectivity index (χ1) is 9.33. The van der Waals surface area contributed by atoms with E-state index in [4.69, 9.17) is 0 Å². The minimum absolute atomic E-state index is 0.777. The Morgan fingerprint density at radius 3 is 2.79 bits per heavy atom. The molecule has 2 rings (SSSR count). The van der Waals surface area contributed by atoms with Crippen molar-refractivity contribution in [3.63, 3.8) is 0 Å². The molecular formula is C16H27N3. The van der Waals surface area contributed by atoms with E-state index in [0.717, 1.165) is 32.1 Å². The zero-order valence-electron chi connectivity index (χ0n) is 12.4. The number of nitrogens with zero attached hydrogens (tertiary/aromatic N) is 2. The van der Waals surface area contributed by atoms with Gasteiger partial charge >= 0.3 is 0 Å². The van der Waals surface area contributed by atoms with Crippen LogP contribution in [-0.2, 0) is 6.54 Å². The SMILES string of the molecule is CCCNc1ccnc(CN(CC)C2CCCC2)c1. The van der Waals surface area contributed by atoms with Crippen LogP contribution in [0, 0.1) is 0 Å². The van der Waals surface area contributed by atoms with E-state index in [1.807, 2.05) is 6.20 Å². The maximum atomic E-state index is 4.52. The highest BCUT2D eigenvalue weighted by molar-refractivity contribution is 5.43. The molecule has 0 saturated heterocycles. The van der Waals surface area contributed by atoms with Crippen molar-refractivity contribution < 1.29 is 0 Å². The number of aromatic nitrogens is 1. The van der Waals surface area contributed by atoms with Gasteiger partial charge in [-0.15, -0.1) is 0 Å². The first-order valence-corrected chi connectivity index (χ1v) is 7.76. The molecule has 106 valence electrons. The summed E-state index contributed by atoms with van der Waals surface area (Å²) in [5.74, 6) is 0. The molecule has 1 heterocycles. The molecule has 0 atom stereocenters. The van der Waals surface area contributed by atoms with Crippen molar-refractivity contribution >= 4 is 5.69 Å². The van der Waals surface area contributed by atoms with Crippen molar-refractivity contribution in [3.8, 4) is 0 Å². The summed E-state index contributed by atoms with van der Waals surface area (Å²) >= 11 is 0. The van der Waals surface area contributed by atoms with Gasteiger partial charge < -0.3 is 5.32 Å². The van der Waals surface area contributed by atoms with E-state index >= 15 is 0 Å². The summed E-state index contributed by atoms with van der Waals surface area (Å²) in [5, 5.41) is 3.44. The molecule has 0 unspecified atom stereocenters. The van der Waals surface area contributed by atoms with Gasteiger partial charge in [-0.05, 0) is 37.9 Å². The average molecular weight is 261 g/mol. The molecule has 1 aliphatic rings. The molecule has 1 fully saturated rings. The predicted octanol–water partition coefficient (Wildman–Crippen LogP) is 3.67. The molecule has 0 amide bonds. The van der Waals surface area contributed by atoms with Gasteiger partial charge in [-0.3, -0.25) is 9.88 Å². The number of hydrogen-bond acceptors (Lipinski definition) is 3. The number of hydrogen-bond donors (Lipinski definition) is 1. The van der Waals surface area contributed by atoms with Crippen LogP contribution in [0.15, 0.2) is 18.3 Å². The fourth-order valence-corrected chi connectivity index (χ4v) is 2.92. The van der Waals surface area contributed by atoms with Gasteiger partial charge in [0.25, 0.3) is 0 Å². The average Bonchev–Trinajstić information content (AvgIpc) is 2.97. The maximum Gasteiger partial charge on any atom is 0.0564 e. The van der Waals surface area contributed by atoms with Crippen molar-refractivity contribution in [3.05, 3.63) is 24.0 Å². The molecule has 1 N–H and O–H groups in total. The Morgan fingerprint density at radius 2 is 2.11 bits per heavy atom. The van der Waals surface area contributed by atoms with Crippen LogP contribution in [0.3, 0.4) is 0 Å². The fourth-order valence-electron chi connectivity index (χ4n) is 2.92. The molecule has 1 aliphatic carbocycles. The van der Waals surface area contributed by atoms with Gasteiger partial charge in [0, 0.05) is 31.0 Å². The van der Waals surface area contributed by atoms with E-state index in [0.29, 0.717) is 0 Å². The van der Waals surface area contributed by atoms with Gasteiger partial charge in [-0.2, -0.15) is 0 Å². The summed E-state index contributed by atoms with van der Waals surface area (Å²) in [4.78, 5) is 7.11. The second kappa shape index (κ2) is 7.49. The lowest BCUT2D eigenvalue weighted by atomic mass is 10.2. The monoisotopic (exact) mass is 261 g/mol. The van der Waals surface area contributed by atoms with Gasteiger partial charge in [0.2, 0.25) is 0 Å². The summed E-state index contributed by atoms with van der Waals surface area (Å²) in [7, 11) is 0. The molecule has 0 spiro atoms. The van der Waals surface area contributed by atoms with Gasteiger partial charge in [0.1, 0.15) is 0 Å². The normalized spacial score (nSPS) is 16.2. The van der Waals surface area contributed by atoms with Gasteiger partial charge in [-0.25, -0.2) is 0 Å². The molecular weight excluding hydrogens is 234 g/mol. The van der Waals surface area contributed by atoms with Crippen molar-refractivity contribution in [1.82, 2.24) is 9.88 Å². The Bertz CT molecular complexity index is 372. The summed E-state index contributed by atoms with van der Waals surface area (Å²) in [6.07, 6.45) is 8.60. The topological polar surface area (TPSA) is 28.2 Å². The minimum atomic E-state index is 0.777. The van der Waals surface area contributed by atoms with E-state index in [9.17, 15) is 0 Å². The van der Waals surface area contributed by atoms with Gasteiger partial charge in [0.15, 0.2) is 0 Å². The van der Waals surface area contributed by atoms with Crippen LogP contribution in [0.25, 0.3) is 0 Å². The summed E-state index contributed by atoms with van der Waals surface area (Å²) in [6.45, 7) is 7.59. The van der Waals surface area contributed by atoms with E-state index in [1.54, 1.807) is 0 Å². The van der Waals surface area contributed by atoms with Crippen LogP contribution in [0.4, 0.5) is 5.69 Å². The third-order valence-corrected chi connectivity index (χ3v) is 4.01. The number of nitrogens with one attached hydrogen (secondary N) is 1. The van der Waals surface area contributed by atoms with E-state index < -0.39 is 0 Å². The van der Waals surface area contributed by atoms with Gasteiger partial charge in [0.05, 0.1) is 5.69 Å². The van der Waals surface area contributed by atoms with E-state index in [2.05, 4.69) is 41.2 Å². The van der Waals surface area contributed by atoms with Crippen molar-refractivity contribution in [2.45, 2.75) is 58.5 Å². The standard InChI is InChI=1S/C16H27N3/c1-3-10-17-14-9-11-18-15(12-14)13-19(4-2)16-7-5-6-8-16/h9,11-12,16H,3-8,10,13H2,1-2H3,(H,17,18). The zero-order chi connectivity index (χ0) is 13.5. The van der Waals surface area contributed by atoms with Crippen LogP contribution < -0.4 is 5.32 Å². The highest BCUT2D eigenvalue weighted by atomic mass is 15.2. The highest BCUT2D eigenvalue weighted by Gasteiger charge is 2.21. The molecule has 1 aromatic rings. The molecule has 0 radical (unpaired) electrons. The zero-order valence-corrected chi connectivity index (χ0v) is 12.4. The lowest BCUT2D eigenvalue weighted by Crippen LogP contribution is -2.32. The van der Waals surface area contributed by atoms with Crippen molar-refractivity contribution in [1.29, 1.82) is 0 Å². The largest absolute Gasteiger partial charge is 0.385 e. The predicted molar refractivity (Wildman–Crippen MR) is 81.4 cm³/mol. The molecule has 1 saturated carbocycles. The Hall–Kier alpha value is -1.09. The van der Waals surface area contributed by atoms with Crippen LogP contribution in [0.2, 0.25) is 0 Å². The number of anilines is 1. The molecule has 0 aliphatic heterocycles. The molecule has 1 aromatic heterocycles. The van der Waals surface area contributed by atoms with Crippen LogP contribution in [0.1, 0.15) is 51.6 Å². The Morgan fingerprint density at radius 1 is 1.32 bits per heavy atom. The lowest BCUT2D eigenvalue weighted by molar-refractivity contribution is 0.198. The molecule has 3 heteroatoms. The second-order valence-electron chi connectivity index (χ2n) is 5.46. The second-order valence-corrected chi connectivity index (χ2v) is 5.46. The first kappa shape index (κ1) is 14.3. The van der Waals surface area contributed by atoms with E-state index in [1.165, 1.54) is 37.1 Å². The molecule has 0 bridgehead atoms. The van der Waals surface area contributed by atoms with Gasteiger partial charge in [-0.1, -0.05) is 26.7 Å². The highest BCUT2D eigenvalue weighted by Crippen LogP contribution is 2.24. The van der Waals surface area contributed by atoms with E-state index in [-0.39, 0.29) is 0 Å². The molecule has 19 heavy (non-hydrogen) atoms. The quantitative estimate of drug-likeness (QED) is 0.811. The van der Waals surface area contributed by atoms with Crippen LogP contribution in [-0.4, -0.2) is 29.0 Å². The summed E-state index contributed by atoms with van der Waals surface area (Å²) < 4.78 is 0. The smallest absolute Gasteiger partial charge is 0.0564 e. The third kappa shape index (κ3) is 4.20. The van der Waals surface area contributed by atoms with Crippen molar-refractivity contribution in [2.24, 2.45) is 0 Å². The lowest BCUT2D eigenvalue weighted by Gasteiger charge is -2.27. The Kier molecular flexibility index (Phi) is 5.64. The Labute approximate surface area is 117 Å². The summed E-state index contributed by atoms with van der Waals surface area (Å²) in [6, 6.07) is 5.04. The third-order valence-electron chi connectivity index (χ3n) is 4.01. The number of pyridine rings is 1. The fraction of sp³-hybridized carbons (Fsp3) is 0.688. The minimum Gasteiger partial charge on any atom is -0.385 e. The van der Waals surface area contributed by atoms with Crippen LogP contribution in [0.5, 0.6) is 0 Å². The first-order valence-electron chi connectivity index (χ1n) is 7.76.